The number of aliphatic hydroxyl groups excluding tert-OH is 1. The van der Waals surface area contributed by atoms with Crippen molar-refractivity contribution in [2.45, 2.75) is 46.4 Å². The summed E-state index contributed by atoms with van der Waals surface area (Å²) >= 11 is 0. The van der Waals surface area contributed by atoms with Crippen LogP contribution < -0.4 is 0 Å². The fraction of sp³-hybridized carbons (Fsp3) is 0.556. The molecule has 2 unspecified atom stereocenters. The molecular weight excluding hydrogens is 310 g/mol. The molecule has 3 atom stereocenters. The minimum absolute atomic E-state index is 0.0572. The van der Waals surface area contributed by atoms with Crippen LogP contribution in [0.5, 0.6) is 0 Å². The number of hydrogen-bond acceptors (Lipinski definition) is 4. The van der Waals surface area contributed by atoms with Gasteiger partial charge in [0.25, 0.3) is 0 Å². The monoisotopic (exact) mass is 335 g/mol. The number of ether oxygens (including phenoxy) is 1. The summed E-state index contributed by atoms with van der Waals surface area (Å²) in [6.07, 6.45) is -1.76. The average Bonchev–Trinajstić information content (AvgIpc) is 2.79. The molecule has 1 aliphatic heterocycles. The van der Waals surface area contributed by atoms with Crippen LogP contribution in [0.3, 0.4) is 0 Å². The highest BCUT2D eigenvalue weighted by Crippen LogP contribution is 2.46. The molecule has 1 saturated heterocycles. The van der Waals surface area contributed by atoms with Crippen LogP contribution in [-0.2, 0) is 16.1 Å². The van der Waals surface area contributed by atoms with E-state index in [-0.39, 0.29) is 13.2 Å². The largest absolute Gasteiger partial charge is 0.481 e. The Morgan fingerprint density at radius 1 is 1.29 bits per heavy atom. The van der Waals surface area contributed by atoms with E-state index in [0.717, 1.165) is 5.56 Å². The van der Waals surface area contributed by atoms with Gasteiger partial charge in [-0.1, -0.05) is 51.1 Å². The molecule has 132 valence electrons. The van der Waals surface area contributed by atoms with E-state index in [0.29, 0.717) is 0 Å². The lowest BCUT2D eigenvalue weighted by Gasteiger charge is -2.41. The van der Waals surface area contributed by atoms with E-state index in [2.05, 4.69) is 0 Å². The maximum atomic E-state index is 12.5. The number of benzene rings is 1. The molecule has 1 aromatic carbocycles. The zero-order valence-electron chi connectivity index (χ0n) is 14.5. The fourth-order valence-corrected chi connectivity index (χ4v) is 3.60. The summed E-state index contributed by atoms with van der Waals surface area (Å²) in [6.45, 7) is 7.10. The molecule has 2 N–H and O–H groups in total. The summed E-state index contributed by atoms with van der Waals surface area (Å²) in [6, 6.07) is 8.57. The van der Waals surface area contributed by atoms with E-state index in [1.807, 2.05) is 51.1 Å². The molecule has 1 amide bonds. The highest BCUT2D eigenvalue weighted by Gasteiger charge is 2.61. The first kappa shape index (κ1) is 18.3. The number of aliphatic carboxylic acids is 1. The van der Waals surface area contributed by atoms with E-state index in [4.69, 9.17) is 4.74 Å². The first-order valence-electron chi connectivity index (χ1n) is 7.97. The van der Waals surface area contributed by atoms with Crippen LogP contribution in [0.25, 0.3) is 0 Å². The van der Waals surface area contributed by atoms with Gasteiger partial charge in [-0.15, -0.1) is 0 Å². The second kappa shape index (κ2) is 6.43. The van der Waals surface area contributed by atoms with Crippen molar-refractivity contribution < 1.29 is 24.5 Å². The van der Waals surface area contributed by atoms with E-state index < -0.39 is 35.0 Å². The average molecular weight is 335 g/mol. The highest BCUT2D eigenvalue weighted by atomic mass is 16.6. The molecule has 0 aromatic heterocycles. The van der Waals surface area contributed by atoms with Crippen molar-refractivity contribution in [2.24, 2.45) is 10.8 Å². The number of carboxylic acid groups (broad SMARTS) is 1. The summed E-state index contributed by atoms with van der Waals surface area (Å²) in [7, 11) is 0. The quantitative estimate of drug-likeness (QED) is 0.886. The summed E-state index contributed by atoms with van der Waals surface area (Å²) in [5.41, 5.74) is -1.13. The maximum absolute atomic E-state index is 12.5. The molecule has 1 aromatic rings. The third-order valence-corrected chi connectivity index (χ3v) is 4.66. The molecule has 0 aliphatic carbocycles. The van der Waals surface area contributed by atoms with Gasteiger partial charge in [0, 0.05) is 0 Å². The summed E-state index contributed by atoms with van der Waals surface area (Å²) in [4.78, 5) is 25.7. The Hall–Kier alpha value is -2.08. The van der Waals surface area contributed by atoms with Crippen LogP contribution >= 0.6 is 0 Å². The first-order chi connectivity index (χ1) is 11.1. The molecule has 0 radical (unpaired) electrons. The van der Waals surface area contributed by atoms with Crippen LogP contribution in [-0.4, -0.2) is 45.9 Å². The Bertz CT molecular complexity index is 610. The van der Waals surface area contributed by atoms with Gasteiger partial charge in [-0.05, 0) is 17.9 Å². The molecule has 0 spiro atoms. The lowest BCUT2D eigenvalue weighted by atomic mass is 9.69. The number of carbonyl (C=O) groups is 2. The van der Waals surface area contributed by atoms with Gasteiger partial charge in [-0.2, -0.15) is 0 Å². The standard InChI is InChI=1S/C18H25NO5/c1-17(2,3)14-18(4,15(21)22)13(20)10-19(14)16(23)24-11-12-8-6-5-7-9-12/h5-9,13-14,20H,10-11H2,1-4H3,(H,21,22)/t13?,14?,18-/m1/s1. The summed E-state index contributed by atoms with van der Waals surface area (Å²) in [5.74, 6) is -1.12. The SMILES string of the molecule is CC(C)(C)C1N(C(=O)OCc2ccccc2)CC(O)[C@@]1(C)C(=O)O. The van der Waals surface area contributed by atoms with Crippen LogP contribution in [0.1, 0.15) is 33.3 Å². The van der Waals surface area contributed by atoms with Crippen molar-refractivity contribution in [3.05, 3.63) is 35.9 Å². The predicted molar refractivity (Wildman–Crippen MR) is 88.3 cm³/mol. The number of likely N-dealkylation sites (tertiary alicyclic amines) is 1. The second-order valence-electron chi connectivity index (χ2n) is 7.56. The molecular formula is C18H25NO5. The van der Waals surface area contributed by atoms with Gasteiger partial charge in [0.1, 0.15) is 12.0 Å². The molecule has 1 aliphatic rings. The number of β-amino-alcohol motifs (C(OH)–C–C–N with tert-alkyl or cyclic N) is 1. The van der Waals surface area contributed by atoms with Crippen LogP contribution in [0.4, 0.5) is 4.79 Å². The number of amides is 1. The van der Waals surface area contributed by atoms with E-state index >= 15 is 0 Å². The van der Waals surface area contributed by atoms with Crippen molar-refractivity contribution in [3.63, 3.8) is 0 Å². The van der Waals surface area contributed by atoms with Gasteiger partial charge in [0.2, 0.25) is 0 Å². The lowest BCUT2D eigenvalue weighted by Crippen LogP contribution is -2.54. The lowest BCUT2D eigenvalue weighted by molar-refractivity contribution is -0.156. The molecule has 0 saturated carbocycles. The Labute approximate surface area is 142 Å². The molecule has 6 heteroatoms. The minimum atomic E-state index is -1.44. The number of nitrogens with zero attached hydrogens (tertiary/aromatic N) is 1. The topological polar surface area (TPSA) is 87.1 Å². The van der Waals surface area contributed by atoms with Crippen LogP contribution in [0, 0.1) is 10.8 Å². The maximum Gasteiger partial charge on any atom is 0.410 e. The molecule has 1 heterocycles. The van der Waals surface area contributed by atoms with Crippen molar-refractivity contribution in [1.82, 2.24) is 4.90 Å². The van der Waals surface area contributed by atoms with E-state index in [1.165, 1.54) is 11.8 Å². The van der Waals surface area contributed by atoms with Crippen molar-refractivity contribution >= 4 is 12.1 Å². The summed E-state index contributed by atoms with van der Waals surface area (Å²) in [5, 5.41) is 20.0. The Balaban J connectivity index is 2.21. The van der Waals surface area contributed by atoms with E-state index in [9.17, 15) is 19.8 Å². The molecule has 1 fully saturated rings. The zero-order chi connectivity index (χ0) is 18.1. The third kappa shape index (κ3) is 3.24. The predicted octanol–water partition coefficient (Wildman–Crippen LogP) is 2.51. The summed E-state index contributed by atoms with van der Waals surface area (Å²) < 4.78 is 5.34. The Morgan fingerprint density at radius 3 is 2.38 bits per heavy atom. The van der Waals surface area contributed by atoms with Crippen LogP contribution in [0.15, 0.2) is 30.3 Å². The molecule has 2 rings (SSSR count). The number of rotatable bonds is 3. The van der Waals surface area contributed by atoms with Gasteiger partial charge < -0.3 is 19.8 Å². The number of aliphatic hydroxyl groups is 1. The smallest absolute Gasteiger partial charge is 0.410 e. The zero-order valence-corrected chi connectivity index (χ0v) is 14.5. The fourth-order valence-electron chi connectivity index (χ4n) is 3.60. The van der Waals surface area contributed by atoms with Gasteiger partial charge in [-0.25, -0.2) is 4.79 Å². The molecule has 6 nitrogen and oxygen atoms in total. The van der Waals surface area contributed by atoms with Gasteiger partial charge >= 0.3 is 12.1 Å². The van der Waals surface area contributed by atoms with Gasteiger partial charge in [-0.3, -0.25) is 4.79 Å². The first-order valence-corrected chi connectivity index (χ1v) is 7.97. The number of hydrogen-bond donors (Lipinski definition) is 2. The number of carboxylic acids is 1. The normalized spacial score (nSPS) is 27.1. The van der Waals surface area contributed by atoms with E-state index in [1.54, 1.807) is 0 Å². The Morgan fingerprint density at radius 2 is 1.88 bits per heavy atom. The van der Waals surface area contributed by atoms with Gasteiger partial charge in [0.15, 0.2) is 0 Å². The van der Waals surface area contributed by atoms with Crippen molar-refractivity contribution in [2.75, 3.05) is 6.54 Å². The number of carbonyl (C=O) groups excluding carboxylic acids is 1. The van der Waals surface area contributed by atoms with Gasteiger partial charge in [0.05, 0.1) is 18.7 Å². The minimum Gasteiger partial charge on any atom is -0.481 e. The van der Waals surface area contributed by atoms with Crippen LogP contribution in [0.2, 0.25) is 0 Å². The highest BCUT2D eigenvalue weighted by molar-refractivity contribution is 5.79. The molecule has 24 heavy (non-hydrogen) atoms. The van der Waals surface area contributed by atoms with Crippen molar-refractivity contribution in [1.29, 1.82) is 0 Å². The molecule has 0 bridgehead atoms. The third-order valence-electron chi connectivity index (χ3n) is 4.66. The van der Waals surface area contributed by atoms with Crippen molar-refractivity contribution in [3.8, 4) is 0 Å². The Kier molecular flexibility index (Phi) is 4.90. The second-order valence-corrected chi connectivity index (χ2v) is 7.56.